The van der Waals surface area contributed by atoms with E-state index in [0.717, 1.165) is 5.56 Å². The van der Waals surface area contributed by atoms with E-state index in [1.54, 1.807) is 42.5 Å². The van der Waals surface area contributed by atoms with Crippen molar-refractivity contribution >= 4 is 57.2 Å². The molecule has 1 aromatic heterocycles. The second kappa shape index (κ2) is 12.8. The van der Waals surface area contributed by atoms with Crippen molar-refractivity contribution in [2.24, 2.45) is 5.10 Å². The number of nitrogens with zero attached hydrogens (tertiary/aromatic N) is 1. The minimum absolute atomic E-state index is 0.0747. The van der Waals surface area contributed by atoms with Gasteiger partial charge in [-0.25, -0.2) is 5.43 Å². The Morgan fingerprint density at radius 2 is 1.97 bits per heavy atom. The van der Waals surface area contributed by atoms with Gasteiger partial charge in [0.15, 0.2) is 18.1 Å². The summed E-state index contributed by atoms with van der Waals surface area (Å²) in [6.07, 6.45) is 2.79. The van der Waals surface area contributed by atoms with Gasteiger partial charge in [-0.2, -0.15) is 5.10 Å². The average molecular weight is 578 g/mol. The van der Waals surface area contributed by atoms with E-state index in [9.17, 15) is 14.4 Å². The lowest BCUT2D eigenvalue weighted by atomic mass is 10.2. The van der Waals surface area contributed by atoms with E-state index in [4.69, 9.17) is 25.5 Å². The number of amides is 3. The Morgan fingerprint density at radius 3 is 2.69 bits per heavy atom. The molecule has 0 atom stereocenters. The van der Waals surface area contributed by atoms with Gasteiger partial charge in [-0.3, -0.25) is 14.4 Å². The van der Waals surface area contributed by atoms with E-state index < -0.39 is 11.8 Å². The minimum atomic E-state index is -0.940. The number of hydrogen-bond donors (Lipinski definition) is 3. The molecule has 0 radical (unpaired) electrons. The van der Waals surface area contributed by atoms with Crippen LogP contribution in [0.25, 0.3) is 0 Å². The van der Waals surface area contributed by atoms with E-state index in [0.29, 0.717) is 38.0 Å². The van der Waals surface area contributed by atoms with Gasteiger partial charge >= 0.3 is 11.8 Å². The standard InChI is InChI=1S/C24H22BrClN4O6/c1-14-5-6-16(26)10-19(14)29-21(31)13-36-22-18(25)8-15(9-20(22)34-2)11-28-30-24(33)23(32)27-12-17-4-3-7-35-17/h3-11H,12-13H2,1-2H3,(H,27,32)(H,29,31)(H,30,33)/b28-11-. The molecule has 0 spiro atoms. The summed E-state index contributed by atoms with van der Waals surface area (Å²) < 4.78 is 16.6. The summed E-state index contributed by atoms with van der Waals surface area (Å²) in [5.41, 5.74) is 4.12. The van der Waals surface area contributed by atoms with Crippen LogP contribution in [0.3, 0.4) is 0 Å². The molecule has 0 fully saturated rings. The Balaban J connectivity index is 1.56. The number of methoxy groups -OCH3 is 1. The molecule has 3 N–H and O–H groups in total. The first-order valence-electron chi connectivity index (χ1n) is 10.5. The molecule has 3 rings (SSSR count). The second-order valence-corrected chi connectivity index (χ2v) is 8.58. The van der Waals surface area contributed by atoms with E-state index in [2.05, 4.69) is 37.1 Å². The van der Waals surface area contributed by atoms with Gasteiger partial charge in [-0.15, -0.1) is 0 Å². The third-order valence-corrected chi connectivity index (χ3v) is 5.49. The number of aryl methyl sites for hydroxylation is 1. The summed E-state index contributed by atoms with van der Waals surface area (Å²) in [6, 6.07) is 11.8. The molecule has 10 nitrogen and oxygen atoms in total. The summed E-state index contributed by atoms with van der Waals surface area (Å²) in [5.74, 6) is -1.06. The van der Waals surface area contributed by atoms with Crippen LogP contribution in [-0.2, 0) is 20.9 Å². The van der Waals surface area contributed by atoms with Gasteiger partial charge in [0, 0.05) is 10.7 Å². The van der Waals surface area contributed by atoms with E-state index in [1.165, 1.54) is 19.6 Å². The summed E-state index contributed by atoms with van der Waals surface area (Å²) in [7, 11) is 1.44. The summed E-state index contributed by atoms with van der Waals surface area (Å²) in [6.45, 7) is 1.64. The number of anilines is 1. The summed E-state index contributed by atoms with van der Waals surface area (Å²) in [4.78, 5) is 36.1. The van der Waals surface area contributed by atoms with E-state index in [1.807, 2.05) is 6.92 Å². The number of hydrazone groups is 1. The molecular weight excluding hydrogens is 556 g/mol. The van der Waals surface area contributed by atoms with Crippen LogP contribution in [0.15, 0.2) is 62.7 Å². The maximum Gasteiger partial charge on any atom is 0.329 e. The molecule has 36 heavy (non-hydrogen) atoms. The topological polar surface area (TPSA) is 131 Å². The predicted octanol–water partition coefficient (Wildman–Crippen LogP) is 3.80. The molecule has 0 saturated heterocycles. The van der Waals surface area contributed by atoms with Crippen molar-refractivity contribution in [3.8, 4) is 11.5 Å². The lowest BCUT2D eigenvalue weighted by Gasteiger charge is -2.14. The number of benzene rings is 2. The molecule has 2 aromatic carbocycles. The fraction of sp³-hybridized carbons (Fsp3) is 0.167. The van der Waals surface area contributed by atoms with Crippen molar-refractivity contribution in [2.75, 3.05) is 19.0 Å². The van der Waals surface area contributed by atoms with Crippen LogP contribution in [0, 0.1) is 6.92 Å². The average Bonchev–Trinajstić information content (AvgIpc) is 3.37. The highest BCUT2D eigenvalue weighted by Crippen LogP contribution is 2.36. The van der Waals surface area contributed by atoms with Crippen LogP contribution in [0.5, 0.6) is 11.5 Å². The molecule has 1 heterocycles. The fourth-order valence-corrected chi connectivity index (χ4v) is 3.63. The van der Waals surface area contributed by atoms with Crippen molar-refractivity contribution in [1.82, 2.24) is 10.7 Å². The SMILES string of the molecule is COc1cc(/C=N\NC(=O)C(=O)NCc2ccco2)cc(Br)c1OCC(=O)Nc1cc(Cl)ccc1C. The maximum atomic E-state index is 12.4. The molecular formula is C24H22BrClN4O6. The number of rotatable bonds is 9. The molecule has 0 aliphatic rings. The highest BCUT2D eigenvalue weighted by Gasteiger charge is 2.15. The first kappa shape index (κ1) is 26.8. The lowest BCUT2D eigenvalue weighted by Crippen LogP contribution is -2.37. The van der Waals surface area contributed by atoms with Crippen LogP contribution in [0.2, 0.25) is 5.02 Å². The molecule has 12 heteroatoms. The normalized spacial score (nSPS) is 10.7. The van der Waals surface area contributed by atoms with Gasteiger partial charge in [-0.1, -0.05) is 17.7 Å². The van der Waals surface area contributed by atoms with E-state index >= 15 is 0 Å². The van der Waals surface area contributed by atoms with Gasteiger partial charge in [0.25, 0.3) is 5.91 Å². The quantitative estimate of drug-likeness (QED) is 0.201. The van der Waals surface area contributed by atoms with Gasteiger partial charge in [0.05, 0.1) is 30.6 Å². The Labute approximate surface area is 220 Å². The van der Waals surface area contributed by atoms with Crippen LogP contribution in [0.1, 0.15) is 16.9 Å². The van der Waals surface area contributed by atoms with Crippen molar-refractivity contribution in [3.63, 3.8) is 0 Å². The minimum Gasteiger partial charge on any atom is -0.493 e. The molecule has 188 valence electrons. The van der Waals surface area contributed by atoms with Crippen LogP contribution >= 0.6 is 27.5 Å². The van der Waals surface area contributed by atoms with Crippen molar-refractivity contribution in [3.05, 3.63) is 75.1 Å². The Bertz CT molecular complexity index is 1280. The number of ether oxygens (including phenoxy) is 2. The summed E-state index contributed by atoms with van der Waals surface area (Å²) >= 11 is 9.37. The monoisotopic (exact) mass is 576 g/mol. The third-order valence-electron chi connectivity index (χ3n) is 4.66. The number of hydrogen-bond acceptors (Lipinski definition) is 7. The zero-order valence-electron chi connectivity index (χ0n) is 19.3. The molecule has 0 saturated carbocycles. The number of carbonyl (C=O) groups excluding carboxylic acids is 3. The smallest absolute Gasteiger partial charge is 0.329 e. The largest absolute Gasteiger partial charge is 0.493 e. The Hall–Kier alpha value is -3.83. The molecule has 0 aliphatic heterocycles. The number of carbonyl (C=O) groups is 3. The van der Waals surface area contributed by atoms with Crippen LogP contribution < -0.4 is 25.5 Å². The second-order valence-electron chi connectivity index (χ2n) is 7.29. The van der Waals surface area contributed by atoms with Crippen LogP contribution in [0.4, 0.5) is 5.69 Å². The molecule has 3 aromatic rings. The van der Waals surface area contributed by atoms with Gasteiger partial charge in [0.2, 0.25) is 0 Å². The van der Waals surface area contributed by atoms with Crippen molar-refractivity contribution in [1.29, 1.82) is 0 Å². The van der Waals surface area contributed by atoms with Crippen molar-refractivity contribution in [2.45, 2.75) is 13.5 Å². The Kier molecular flexibility index (Phi) is 9.48. The molecule has 0 aliphatic carbocycles. The predicted molar refractivity (Wildman–Crippen MR) is 137 cm³/mol. The zero-order chi connectivity index (χ0) is 26.1. The van der Waals surface area contributed by atoms with Crippen LogP contribution in [-0.4, -0.2) is 37.7 Å². The third kappa shape index (κ3) is 7.59. The molecule has 0 unspecified atom stereocenters. The Morgan fingerprint density at radius 1 is 1.17 bits per heavy atom. The van der Waals surface area contributed by atoms with E-state index in [-0.39, 0.29) is 19.1 Å². The first-order valence-corrected chi connectivity index (χ1v) is 11.6. The maximum absolute atomic E-state index is 12.4. The van der Waals surface area contributed by atoms with Gasteiger partial charge in [0.1, 0.15) is 5.76 Å². The number of furan rings is 1. The first-order chi connectivity index (χ1) is 17.3. The zero-order valence-corrected chi connectivity index (χ0v) is 21.6. The van der Waals surface area contributed by atoms with Gasteiger partial charge in [-0.05, 0) is 70.4 Å². The highest BCUT2D eigenvalue weighted by molar-refractivity contribution is 9.10. The number of nitrogens with one attached hydrogen (secondary N) is 3. The fourth-order valence-electron chi connectivity index (χ4n) is 2.88. The number of halogens is 2. The molecule has 3 amide bonds. The van der Waals surface area contributed by atoms with Gasteiger partial charge < -0.3 is 24.5 Å². The van der Waals surface area contributed by atoms with Crippen molar-refractivity contribution < 1.29 is 28.3 Å². The highest BCUT2D eigenvalue weighted by atomic mass is 79.9. The summed E-state index contributed by atoms with van der Waals surface area (Å²) in [5, 5.41) is 9.45. The lowest BCUT2D eigenvalue weighted by molar-refractivity contribution is -0.139. The molecule has 0 bridgehead atoms.